The molecule has 1 aliphatic heterocycles. The Morgan fingerprint density at radius 1 is 1.27 bits per heavy atom. The number of rotatable bonds is 6. The molecule has 30 heavy (non-hydrogen) atoms. The predicted molar refractivity (Wildman–Crippen MR) is 118 cm³/mol. The summed E-state index contributed by atoms with van der Waals surface area (Å²) in [5.74, 6) is 1.63. The summed E-state index contributed by atoms with van der Waals surface area (Å²) in [6.45, 7) is 3.89. The molecule has 0 saturated carbocycles. The number of likely N-dealkylation sites (tertiary alicyclic amines) is 1. The number of benzene rings is 1. The highest BCUT2D eigenvalue weighted by Crippen LogP contribution is 2.33. The fourth-order valence-corrected chi connectivity index (χ4v) is 4.06. The van der Waals surface area contributed by atoms with Crippen LogP contribution in [0.25, 0.3) is 10.9 Å². The zero-order chi connectivity index (χ0) is 21.1. The highest BCUT2D eigenvalue weighted by molar-refractivity contribution is 5.81. The number of fused-ring (bicyclic) bond motifs is 1. The van der Waals surface area contributed by atoms with Gasteiger partial charge in [-0.25, -0.2) is 9.97 Å². The maximum Gasteiger partial charge on any atom is 0.219 e. The van der Waals surface area contributed by atoms with E-state index < -0.39 is 0 Å². The topological polar surface area (TPSA) is 74.2 Å². The van der Waals surface area contributed by atoms with Gasteiger partial charge in [-0.15, -0.1) is 0 Å². The molecule has 3 heterocycles. The number of hydrogen-bond donors (Lipinski definition) is 1. The van der Waals surface area contributed by atoms with Gasteiger partial charge < -0.3 is 10.2 Å². The Hall–Kier alpha value is -3.06. The average molecular weight is 405 g/mol. The normalized spacial score (nSPS) is 16.7. The fraction of sp³-hybridized carbons (Fsp3) is 0.391. The number of nitrogens with one attached hydrogen (secondary N) is 1. The summed E-state index contributed by atoms with van der Waals surface area (Å²) in [6, 6.07) is 12.5. The first kappa shape index (κ1) is 20.2. The van der Waals surface area contributed by atoms with E-state index in [1.165, 1.54) is 10.9 Å². The molecule has 1 fully saturated rings. The van der Waals surface area contributed by atoms with Gasteiger partial charge in [-0.05, 0) is 37.1 Å². The first-order chi connectivity index (χ1) is 14.5. The molecule has 0 bridgehead atoms. The van der Waals surface area contributed by atoms with Gasteiger partial charge in [0, 0.05) is 45.2 Å². The number of anilines is 1. The maximum atomic E-state index is 11.7. The summed E-state index contributed by atoms with van der Waals surface area (Å²) in [7, 11) is 3.65. The van der Waals surface area contributed by atoms with E-state index >= 15 is 0 Å². The molecule has 156 valence electrons. The maximum absolute atomic E-state index is 11.7. The molecule has 1 aliphatic rings. The van der Waals surface area contributed by atoms with Gasteiger partial charge in [0.05, 0.1) is 23.8 Å². The minimum Gasteiger partial charge on any atom is -0.373 e. The molecule has 0 aliphatic carbocycles. The molecule has 0 radical (unpaired) electrons. The Labute approximate surface area is 177 Å². The largest absolute Gasteiger partial charge is 0.373 e. The third-order valence-corrected chi connectivity index (χ3v) is 5.76. The van der Waals surface area contributed by atoms with E-state index in [0.29, 0.717) is 6.54 Å². The number of hydrogen-bond acceptors (Lipinski definition) is 6. The van der Waals surface area contributed by atoms with Crippen LogP contribution in [-0.2, 0) is 17.9 Å². The quantitative estimate of drug-likeness (QED) is 0.679. The van der Waals surface area contributed by atoms with Crippen molar-refractivity contribution in [1.29, 1.82) is 0 Å². The minimum absolute atomic E-state index is 0.0215. The van der Waals surface area contributed by atoms with Crippen LogP contribution in [0.4, 0.5) is 5.82 Å². The summed E-state index contributed by atoms with van der Waals surface area (Å²) in [5.41, 5.74) is 3.14. The van der Waals surface area contributed by atoms with Gasteiger partial charge in [0.1, 0.15) is 11.6 Å². The lowest BCUT2D eigenvalue weighted by Gasteiger charge is -2.25. The van der Waals surface area contributed by atoms with Gasteiger partial charge in [0.2, 0.25) is 5.91 Å². The zero-order valence-corrected chi connectivity index (χ0v) is 17.8. The Morgan fingerprint density at radius 2 is 2.13 bits per heavy atom. The monoisotopic (exact) mass is 404 g/mol. The molecule has 7 heteroatoms. The van der Waals surface area contributed by atoms with E-state index in [2.05, 4.69) is 39.5 Å². The Kier molecular flexibility index (Phi) is 5.90. The second kappa shape index (κ2) is 8.75. The number of nitrogens with zero attached hydrogens (tertiary/aromatic N) is 5. The van der Waals surface area contributed by atoms with E-state index in [4.69, 9.17) is 9.97 Å². The van der Waals surface area contributed by atoms with Crippen LogP contribution in [0.5, 0.6) is 0 Å². The van der Waals surface area contributed by atoms with Crippen LogP contribution < -0.4 is 5.32 Å². The van der Waals surface area contributed by atoms with Crippen molar-refractivity contribution in [3.63, 3.8) is 0 Å². The molecule has 3 aromatic rings. The summed E-state index contributed by atoms with van der Waals surface area (Å²) >= 11 is 0. The standard InChI is InChI=1S/C23H28N6O/c1-16(30)28(3)15-18-13-22(24-2)27-23(26-18)21-10-6-12-29(21)14-17-7-4-9-20-19(17)8-5-11-25-20/h4-5,7-9,11,13,21H,6,10,12,14-15H2,1-3H3,(H,24,26,27)/t21-/m0/s1. The molecular weight excluding hydrogens is 376 g/mol. The van der Waals surface area contributed by atoms with Gasteiger partial charge >= 0.3 is 0 Å². The Balaban J connectivity index is 1.62. The molecule has 1 aromatic carbocycles. The van der Waals surface area contributed by atoms with Crippen molar-refractivity contribution < 1.29 is 4.79 Å². The third-order valence-electron chi connectivity index (χ3n) is 5.76. The molecule has 2 aromatic heterocycles. The van der Waals surface area contributed by atoms with Crippen molar-refractivity contribution in [1.82, 2.24) is 24.8 Å². The van der Waals surface area contributed by atoms with Crippen molar-refractivity contribution in [2.75, 3.05) is 26.0 Å². The van der Waals surface area contributed by atoms with Crippen molar-refractivity contribution in [3.05, 3.63) is 59.7 Å². The zero-order valence-electron chi connectivity index (χ0n) is 17.8. The van der Waals surface area contributed by atoms with Crippen molar-refractivity contribution in [2.45, 2.75) is 38.9 Å². The van der Waals surface area contributed by atoms with Gasteiger partial charge in [-0.3, -0.25) is 14.7 Å². The van der Waals surface area contributed by atoms with Gasteiger partial charge in [-0.2, -0.15) is 0 Å². The summed E-state index contributed by atoms with van der Waals surface area (Å²) < 4.78 is 0. The van der Waals surface area contributed by atoms with Gasteiger partial charge in [-0.1, -0.05) is 18.2 Å². The van der Waals surface area contributed by atoms with E-state index in [0.717, 1.165) is 48.8 Å². The van der Waals surface area contributed by atoms with Gasteiger partial charge in [0.15, 0.2) is 0 Å². The number of carbonyl (C=O) groups excluding carboxylic acids is 1. The lowest BCUT2D eigenvalue weighted by molar-refractivity contribution is -0.128. The van der Waals surface area contributed by atoms with Crippen LogP contribution in [0, 0.1) is 0 Å². The number of carbonyl (C=O) groups is 1. The summed E-state index contributed by atoms with van der Waals surface area (Å²) in [5, 5.41) is 4.33. The molecule has 1 N–H and O–H groups in total. The molecular formula is C23H28N6O. The average Bonchev–Trinajstić information content (AvgIpc) is 3.22. The van der Waals surface area contributed by atoms with Crippen molar-refractivity contribution in [2.24, 2.45) is 0 Å². The third kappa shape index (κ3) is 4.26. The van der Waals surface area contributed by atoms with Crippen LogP contribution in [-0.4, -0.2) is 51.3 Å². The first-order valence-corrected chi connectivity index (χ1v) is 10.4. The second-order valence-electron chi connectivity index (χ2n) is 7.84. The van der Waals surface area contributed by atoms with E-state index in [1.54, 1.807) is 18.9 Å². The van der Waals surface area contributed by atoms with Crippen LogP contribution >= 0.6 is 0 Å². The highest BCUT2D eigenvalue weighted by atomic mass is 16.2. The SMILES string of the molecule is CNc1cc(CN(C)C(C)=O)nc([C@@H]2CCCN2Cc2cccc3ncccc23)n1. The van der Waals surface area contributed by atoms with Crippen LogP contribution in [0.3, 0.4) is 0 Å². The van der Waals surface area contributed by atoms with Gasteiger partial charge in [0.25, 0.3) is 0 Å². The van der Waals surface area contributed by atoms with E-state index in [-0.39, 0.29) is 11.9 Å². The Morgan fingerprint density at radius 3 is 2.93 bits per heavy atom. The minimum atomic E-state index is 0.0215. The first-order valence-electron chi connectivity index (χ1n) is 10.4. The predicted octanol–water partition coefficient (Wildman–Crippen LogP) is 3.38. The highest BCUT2D eigenvalue weighted by Gasteiger charge is 2.29. The molecule has 0 spiro atoms. The lowest BCUT2D eigenvalue weighted by Crippen LogP contribution is -2.27. The van der Waals surface area contributed by atoms with E-state index in [9.17, 15) is 4.79 Å². The molecule has 1 saturated heterocycles. The summed E-state index contributed by atoms with van der Waals surface area (Å²) in [4.78, 5) is 29.9. The lowest BCUT2D eigenvalue weighted by atomic mass is 10.1. The summed E-state index contributed by atoms with van der Waals surface area (Å²) in [6.07, 6.45) is 3.98. The van der Waals surface area contributed by atoms with Crippen molar-refractivity contribution >= 4 is 22.6 Å². The smallest absolute Gasteiger partial charge is 0.219 e. The second-order valence-corrected chi connectivity index (χ2v) is 7.84. The number of pyridine rings is 1. The van der Waals surface area contributed by atoms with E-state index in [1.807, 2.05) is 25.4 Å². The molecule has 1 atom stereocenters. The fourth-order valence-electron chi connectivity index (χ4n) is 4.06. The Bertz CT molecular complexity index is 1050. The number of amides is 1. The molecule has 1 amide bonds. The van der Waals surface area contributed by atoms with Crippen LogP contribution in [0.15, 0.2) is 42.6 Å². The molecule has 0 unspecified atom stereocenters. The molecule has 7 nitrogen and oxygen atoms in total. The van der Waals surface area contributed by atoms with Crippen molar-refractivity contribution in [3.8, 4) is 0 Å². The van der Waals surface area contributed by atoms with Crippen LogP contribution in [0.1, 0.15) is 42.9 Å². The number of aromatic nitrogens is 3. The molecule has 4 rings (SSSR count). The van der Waals surface area contributed by atoms with Crippen LogP contribution in [0.2, 0.25) is 0 Å².